The molecule has 0 saturated heterocycles. The zero-order chi connectivity index (χ0) is 25.1. The minimum absolute atomic E-state index is 0.265. The Hall–Kier alpha value is -4.11. The average molecular weight is 503 g/mol. The molecule has 1 aliphatic heterocycles. The van der Waals surface area contributed by atoms with Crippen LogP contribution in [0.4, 0.5) is 11.5 Å². The molecule has 0 aliphatic carbocycles. The van der Waals surface area contributed by atoms with Gasteiger partial charge in [-0.05, 0) is 55.4 Å². The minimum atomic E-state index is -0.265. The first-order chi connectivity index (χ1) is 17.5. The Morgan fingerprint density at radius 1 is 1.00 bits per heavy atom. The van der Waals surface area contributed by atoms with E-state index in [-0.39, 0.29) is 12.7 Å². The van der Waals surface area contributed by atoms with Gasteiger partial charge in [-0.2, -0.15) is 0 Å². The number of aromatic nitrogens is 2. The maximum atomic E-state index is 6.12. The highest BCUT2D eigenvalue weighted by Crippen LogP contribution is 2.35. The number of methoxy groups -OCH3 is 1. The van der Waals surface area contributed by atoms with Gasteiger partial charge in [0, 0.05) is 17.1 Å². The van der Waals surface area contributed by atoms with Crippen LogP contribution in [0.1, 0.15) is 11.1 Å². The van der Waals surface area contributed by atoms with Gasteiger partial charge in [-0.1, -0.05) is 30.3 Å². The van der Waals surface area contributed by atoms with Gasteiger partial charge in [0.15, 0.2) is 34.2 Å². The average Bonchev–Trinajstić information content (AvgIpc) is 2.89. The molecule has 0 radical (unpaired) electrons. The molecule has 5 rings (SSSR count). The molecule has 1 atom stereocenters. The number of rotatable bonds is 6. The van der Waals surface area contributed by atoms with E-state index in [1.807, 2.05) is 68.4 Å². The molecule has 2 N–H and O–H groups in total. The predicted octanol–water partition coefficient (Wildman–Crippen LogP) is 5.28. The Balaban J connectivity index is 1.35. The molecule has 9 heteroatoms. The SMILES string of the molecule is COc1cc2ncnc(NC(=S)Nc3c(C)cccc3C)c2cc1OCC1COc2ccccc2O1. The second-order valence-corrected chi connectivity index (χ2v) is 8.81. The molecule has 184 valence electrons. The maximum absolute atomic E-state index is 6.12. The maximum Gasteiger partial charge on any atom is 0.176 e. The number of anilines is 2. The molecule has 1 aliphatic rings. The highest BCUT2D eigenvalue weighted by atomic mass is 32.1. The van der Waals surface area contributed by atoms with Crippen molar-refractivity contribution >= 4 is 39.7 Å². The molecule has 4 aromatic rings. The van der Waals surface area contributed by atoms with Crippen LogP contribution < -0.4 is 29.6 Å². The van der Waals surface area contributed by atoms with E-state index < -0.39 is 0 Å². The summed E-state index contributed by atoms with van der Waals surface area (Å²) < 4.78 is 23.5. The van der Waals surface area contributed by atoms with Gasteiger partial charge in [0.05, 0.1) is 12.6 Å². The third-order valence-electron chi connectivity index (χ3n) is 5.86. The number of aryl methyl sites for hydroxylation is 2. The molecular weight excluding hydrogens is 476 g/mol. The smallest absolute Gasteiger partial charge is 0.176 e. The number of hydrogen-bond donors (Lipinski definition) is 2. The Labute approximate surface area is 214 Å². The summed E-state index contributed by atoms with van der Waals surface area (Å²) >= 11 is 5.58. The van der Waals surface area contributed by atoms with Gasteiger partial charge in [0.2, 0.25) is 0 Å². The van der Waals surface area contributed by atoms with Crippen LogP contribution in [-0.4, -0.2) is 41.5 Å². The number of nitrogens with zero attached hydrogens (tertiary/aromatic N) is 2. The highest BCUT2D eigenvalue weighted by Gasteiger charge is 2.22. The first-order valence-corrected chi connectivity index (χ1v) is 11.9. The van der Waals surface area contributed by atoms with E-state index in [0.717, 1.165) is 28.0 Å². The largest absolute Gasteiger partial charge is 0.493 e. The van der Waals surface area contributed by atoms with Crippen molar-refractivity contribution in [1.29, 1.82) is 0 Å². The van der Waals surface area contributed by atoms with Gasteiger partial charge in [0.25, 0.3) is 0 Å². The van der Waals surface area contributed by atoms with Crippen LogP contribution in [0.5, 0.6) is 23.0 Å². The van der Waals surface area contributed by atoms with E-state index in [0.29, 0.717) is 40.3 Å². The number of para-hydroxylation sites is 3. The molecule has 0 saturated carbocycles. The molecule has 2 heterocycles. The lowest BCUT2D eigenvalue weighted by Crippen LogP contribution is -2.34. The number of nitrogens with one attached hydrogen (secondary N) is 2. The number of ether oxygens (including phenoxy) is 4. The van der Waals surface area contributed by atoms with Crippen molar-refractivity contribution in [1.82, 2.24) is 9.97 Å². The summed E-state index contributed by atoms with van der Waals surface area (Å²) in [5.74, 6) is 3.09. The Morgan fingerprint density at radius 3 is 2.56 bits per heavy atom. The Morgan fingerprint density at radius 2 is 1.78 bits per heavy atom. The summed E-state index contributed by atoms with van der Waals surface area (Å²) in [5, 5.41) is 7.64. The van der Waals surface area contributed by atoms with Gasteiger partial charge in [-0.25, -0.2) is 9.97 Å². The molecule has 0 fully saturated rings. The van der Waals surface area contributed by atoms with E-state index in [2.05, 4.69) is 20.6 Å². The van der Waals surface area contributed by atoms with Crippen LogP contribution in [-0.2, 0) is 0 Å². The zero-order valence-electron chi connectivity index (χ0n) is 20.2. The number of fused-ring (bicyclic) bond motifs is 2. The van der Waals surface area contributed by atoms with Crippen LogP contribution in [0.2, 0.25) is 0 Å². The number of hydrogen-bond acceptors (Lipinski definition) is 7. The predicted molar refractivity (Wildman–Crippen MR) is 144 cm³/mol. The normalized spacial score (nSPS) is 14.2. The monoisotopic (exact) mass is 502 g/mol. The summed E-state index contributed by atoms with van der Waals surface area (Å²) in [6.45, 7) is 4.74. The summed E-state index contributed by atoms with van der Waals surface area (Å²) in [6.07, 6.45) is 1.22. The van der Waals surface area contributed by atoms with Crippen LogP contribution in [0.25, 0.3) is 10.9 Å². The van der Waals surface area contributed by atoms with Crippen LogP contribution in [0.15, 0.2) is 60.9 Å². The third-order valence-corrected chi connectivity index (χ3v) is 6.07. The number of thiocarbonyl (C=S) groups is 1. The van der Waals surface area contributed by atoms with Gasteiger partial charge in [-0.15, -0.1) is 0 Å². The topological polar surface area (TPSA) is 86.8 Å². The molecule has 0 amide bonds. The fourth-order valence-corrected chi connectivity index (χ4v) is 4.23. The fourth-order valence-electron chi connectivity index (χ4n) is 4.03. The summed E-state index contributed by atoms with van der Waals surface area (Å²) in [5.41, 5.74) is 3.86. The van der Waals surface area contributed by atoms with E-state index in [4.69, 9.17) is 31.2 Å². The van der Waals surface area contributed by atoms with Crippen molar-refractivity contribution in [3.63, 3.8) is 0 Å². The lowest BCUT2D eigenvalue weighted by atomic mass is 10.1. The second-order valence-electron chi connectivity index (χ2n) is 8.40. The van der Waals surface area contributed by atoms with Crippen LogP contribution >= 0.6 is 12.2 Å². The van der Waals surface area contributed by atoms with E-state index in [9.17, 15) is 0 Å². The van der Waals surface area contributed by atoms with E-state index in [1.54, 1.807) is 7.11 Å². The molecule has 1 unspecified atom stereocenters. The van der Waals surface area contributed by atoms with Gasteiger partial charge in [-0.3, -0.25) is 0 Å². The minimum Gasteiger partial charge on any atom is -0.493 e. The lowest BCUT2D eigenvalue weighted by Gasteiger charge is -2.26. The molecule has 36 heavy (non-hydrogen) atoms. The van der Waals surface area contributed by atoms with Gasteiger partial charge < -0.3 is 29.6 Å². The molecule has 1 aromatic heterocycles. The molecule has 0 bridgehead atoms. The third kappa shape index (κ3) is 4.96. The van der Waals surface area contributed by atoms with E-state index in [1.165, 1.54) is 6.33 Å². The second kappa shape index (κ2) is 10.2. The Kier molecular flexibility index (Phi) is 6.73. The molecular formula is C27H26N4O4S. The lowest BCUT2D eigenvalue weighted by molar-refractivity contribution is 0.0528. The van der Waals surface area contributed by atoms with Crippen molar-refractivity contribution < 1.29 is 18.9 Å². The summed E-state index contributed by atoms with van der Waals surface area (Å²) in [6, 6.07) is 17.3. The summed E-state index contributed by atoms with van der Waals surface area (Å²) in [7, 11) is 1.59. The first kappa shape index (κ1) is 23.6. The van der Waals surface area contributed by atoms with Crippen molar-refractivity contribution in [2.24, 2.45) is 0 Å². The Bertz CT molecular complexity index is 1410. The van der Waals surface area contributed by atoms with E-state index >= 15 is 0 Å². The van der Waals surface area contributed by atoms with Crippen LogP contribution in [0.3, 0.4) is 0 Å². The molecule has 8 nitrogen and oxygen atoms in total. The number of benzene rings is 3. The van der Waals surface area contributed by atoms with Crippen molar-refractivity contribution in [2.45, 2.75) is 20.0 Å². The molecule has 0 spiro atoms. The quantitative estimate of drug-likeness (QED) is 0.342. The zero-order valence-corrected chi connectivity index (χ0v) is 21.0. The van der Waals surface area contributed by atoms with Crippen LogP contribution in [0, 0.1) is 13.8 Å². The van der Waals surface area contributed by atoms with Crippen molar-refractivity contribution in [2.75, 3.05) is 31.0 Å². The summed E-state index contributed by atoms with van der Waals surface area (Å²) in [4.78, 5) is 8.81. The van der Waals surface area contributed by atoms with Gasteiger partial charge in [0.1, 0.15) is 25.4 Å². The standard InChI is InChI=1S/C27H26N4O4S/c1-16-7-6-8-17(2)25(16)30-27(36)31-26-19-11-24(23(32-3)12-20(19)28-15-29-26)34-14-18-13-33-21-9-4-5-10-22(21)35-18/h4-12,15,18H,13-14H2,1-3H3,(H2,28,29,30,31,36). The molecule has 3 aromatic carbocycles. The fraction of sp³-hybridized carbons (Fsp3) is 0.222. The van der Waals surface area contributed by atoms with Crippen molar-refractivity contribution in [3.8, 4) is 23.0 Å². The van der Waals surface area contributed by atoms with Gasteiger partial charge >= 0.3 is 0 Å². The first-order valence-electron chi connectivity index (χ1n) is 11.5. The highest BCUT2D eigenvalue weighted by molar-refractivity contribution is 7.80. The van der Waals surface area contributed by atoms with Crippen molar-refractivity contribution in [3.05, 3.63) is 72.1 Å².